The van der Waals surface area contributed by atoms with Crippen LogP contribution in [0.3, 0.4) is 0 Å². The predicted octanol–water partition coefficient (Wildman–Crippen LogP) is 3.58. The van der Waals surface area contributed by atoms with Crippen LogP contribution in [0.25, 0.3) is 0 Å². The van der Waals surface area contributed by atoms with Crippen molar-refractivity contribution in [2.45, 2.75) is 12.8 Å². The van der Waals surface area contributed by atoms with Crippen LogP contribution in [-0.2, 0) is 6.42 Å². The van der Waals surface area contributed by atoms with Gasteiger partial charge in [-0.1, -0.05) is 12.1 Å². The molecular formula is C16H14F2N2O. The van der Waals surface area contributed by atoms with Crippen molar-refractivity contribution < 1.29 is 13.6 Å². The van der Waals surface area contributed by atoms with Crippen molar-refractivity contribution >= 4 is 17.3 Å². The topological polar surface area (TPSA) is 41.1 Å². The van der Waals surface area contributed by atoms with Gasteiger partial charge in [0.05, 0.1) is 16.9 Å². The van der Waals surface area contributed by atoms with Crippen molar-refractivity contribution in [3.8, 4) is 0 Å². The molecule has 1 aliphatic rings. The van der Waals surface area contributed by atoms with Crippen LogP contribution in [0.15, 0.2) is 36.4 Å². The van der Waals surface area contributed by atoms with E-state index in [1.165, 1.54) is 0 Å². The van der Waals surface area contributed by atoms with E-state index >= 15 is 0 Å². The van der Waals surface area contributed by atoms with Gasteiger partial charge in [0.1, 0.15) is 11.6 Å². The Morgan fingerprint density at radius 3 is 2.90 bits per heavy atom. The number of halogens is 2. The first kappa shape index (κ1) is 13.5. The van der Waals surface area contributed by atoms with Crippen LogP contribution in [0.4, 0.5) is 20.2 Å². The number of amides is 1. The highest BCUT2D eigenvalue weighted by Gasteiger charge is 2.18. The molecule has 0 spiro atoms. The molecule has 3 rings (SSSR count). The molecule has 0 atom stereocenters. The molecule has 0 aliphatic carbocycles. The van der Waals surface area contributed by atoms with Crippen molar-refractivity contribution in [2.75, 3.05) is 17.2 Å². The smallest absolute Gasteiger partial charge is 0.257 e. The van der Waals surface area contributed by atoms with Gasteiger partial charge in [0.2, 0.25) is 0 Å². The van der Waals surface area contributed by atoms with E-state index in [-0.39, 0.29) is 5.69 Å². The van der Waals surface area contributed by atoms with E-state index in [1.54, 1.807) is 12.1 Å². The number of hydrogen-bond acceptors (Lipinski definition) is 2. The lowest BCUT2D eigenvalue weighted by Gasteiger charge is -2.20. The number of carbonyl (C=O) groups is 1. The summed E-state index contributed by atoms with van der Waals surface area (Å²) < 4.78 is 26.7. The molecule has 0 bridgehead atoms. The maximum absolute atomic E-state index is 13.6. The van der Waals surface area contributed by atoms with Gasteiger partial charge in [-0.15, -0.1) is 0 Å². The molecular weight excluding hydrogens is 274 g/mol. The molecule has 3 nitrogen and oxygen atoms in total. The average molecular weight is 288 g/mol. The summed E-state index contributed by atoms with van der Waals surface area (Å²) in [6.45, 7) is 0.797. The lowest BCUT2D eigenvalue weighted by Crippen LogP contribution is -2.19. The van der Waals surface area contributed by atoms with Crippen LogP contribution >= 0.6 is 0 Å². The van der Waals surface area contributed by atoms with Gasteiger partial charge in [0, 0.05) is 12.6 Å². The minimum absolute atomic E-state index is 0.159. The summed E-state index contributed by atoms with van der Waals surface area (Å²) in [4.78, 5) is 12.3. The number of hydrogen-bond donors (Lipinski definition) is 2. The monoisotopic (exact) mass is 288 g/mol. The molecule has 1 aliphatic heterocycles. The number of rotatable bonds is 2. The van der Waals surface area contributed by atoms with Crippen molar-refractivity contribution in [1.29, 1.82) is 0 Å². The molecule has 108 valence electrons. The van der Waals surface area contributed by atoms with Crippen LogP contribution < -0.4 is 10.6 Å². The summed E-state index contributed by atoms with van der Waals surface area (Å²) >= 11 is 0. The molecule has 2 aromatic carbocycles. The average Bonchev–Trinajstić information content (AvgIpc) is 2.50. The summed E-state index contributed by atoms with van der Waals surface area (Å²) in [6, 6.07) is 8.39. The molecule has 0 aromatic heterocycles. The van der Waals surface area contributed by atoms with Gasteiger partial charge in [0.15, 0.2) is 0 Å². The van der Waals surface area contributed by atoms with E-state index in [2.05, 4.69) is 10.6 Å². The quantitative estimate of drug-likeness (QED) is 0.887. The van der Waals surface area contributed by atoms with E-state index in [9.17, 15) is 13.6 Å². The normalized spacial score (nSPS) is 13.2. The highest BCUT2D eigenvalue weighted by atomic mass is 19.1. The molecule has 0 saturated heterocycles. The van der Waals surface area contributed by atoms with Gasteiger partial charge in [-0.2, -0.15) is 0 Å². The van der Waals surface area contributed by atoms with E-state index in [4.69, 9.17) is 0 Å². The third kappa shape index (κ3) is 2.72. The standard InChI is InChI=1S/C16H14F2N2O/c17-11-6-7-13(18)14(9-11)20-16(21)12-5-1-3-10-4-2-8-19-15(10)12/h1,3,5-7,9,19H,2,4,8H2,(H,20,21). The fraction of sp³-hybridized carbons (Fsp3) is 0.188. The number of benzene rings is 2. The fourth-order valence-corrected chi connectivity index (χ4v) is 2.48. The number of fused-ring (bicyclic) bond motifs is 1. The van der Waals surface area contributed by atoms with Gasteiger partial charge in [0.25, 0.3) is 5.91 Å². The van der Waals surface area contributed by atoms with E-state index in [0.29, 0.717) is 5.56 Å². The second kappa shape index (κ2) is 5.52. The zero-order valence-electron chi connectivity index (χ0n) is 11.2. The van der Waals surface area contributed by atoms with E-state index in [0.717, 1.165) is 48.8 Å². The fourth-order valence-electron chi connectivity index (χ4n) is 2.48. The third-order valence-corrected chi connectivity index (χ3v) is 3.50. The second-order valence-electron chi connectivity index (χ2n) is 4.95. The molecule has 0 saturated carbocycles. The van der Waals surface area contributed by atoms with Crippen molar-refractivity contribution in [3.63, 3.8) is 0 Å². The summed E-state index contributed by atoms with van der Waals surface area (Å²) in [6.07, 6.45) is 1.91. The van der Waals surface area contributed by atoms with E-state index in [1.807, 2.05) is 6.07 Å². The van der Waals surface area contributed by atoms with Gasteiger partial charge in [-0.3, -0.25) is 4.79 Å². The summed E-state index contributed by atoms with van der Waals surface area (Å²) in [5.74, 6) is -1.71. The SMILES string of the molecule is O=C(Nc1cc(F)ccc1F)c1cccc2c1NCCC2. The minimum atomic E-state index is -0.664. The summed E-state index contributed by atoms with van der Waals surface area (Å²) in [5, 5.41) is 5.62. The molecule has 2 aromatic rings. The Bertz CT molecular complexity index is 701. The van der Waals surface area contributed by atoms with Crippen molar-refractivity contribution in [3.05, 3.63) is 59.2 Å². The number of carbonyl (C=O) groups excluding carboxylic acids is 1. The number of nitrogens with one attached hydrogen (secondary N) is 2. The van der Waals surface area contributed by atoms with Gasteiger partial charge in [-0.25, -0.2) is 8.78 Å². The Labute approximate surface area is 121 Å². The summed E-state index contributed by atoms with van der Waals surface area (Å²) in [7, 11) is 0. The number of anilines is 2. The summed E-state index contributed by atoms with van der Waals surface area (Å²) in [5.41, 5.74) is 2.12. The first-order valence-corrected chi connectivity index (χ1v) is 6.77. The lowest BCUT2D eigenvalue weighted by atomic mass is 9.99. The molecule has 1 heterocycles. The zero-order chi connectivity index (χ0) is 14.8. The first-order valence-electron chi connectivity index (χ1n) is 6.77. The molecule has 2 N–H and O–H groups in total. The molecule has 21 heavy (non-hydrogen) atoms. The first-order chi connectivity index (χ1) is 10.1. The lowest BCUT2D eigenvalue weighted by molar-refractivity contribution is 0.102. The van der Waals surface area contributed by atoms with Crippen molar-refractivity contribution in [2.24, 2.45) is 0 Å². The predicted molar refractivity (Wildman–Crippen MR) is 77.6 cm³/mol. The second-order valence-corrected chi connectivity index (χ2v) is 4.95. The van der Waals surface area contributed by atoms with Crippen LogP contribution in [0.1, 0.15) is 22.3 Å². The Morgan fingerprint density at radius 1 is 1.19 bits per heavy atom. The van der Waals surface area contributed by atoms with Crippen LogP contribution in [-0.4, -0.2) is 12.5 Å². The maximum Gasteiger partial charge on any atom is 0.257 e. The zero-order valence-corrected chi connectivity index (χ0v) is 11.2. The highest BCUT2D eigenvalue weighted by molar-refractivity contribution is 6.08. The minimum Gasteiger partial charge on any atom is -0.384 e. The van der Waals surface area contributed by atoms with Crippen LogP contribution in [0.2, 0.25) is 0 Å². The largest absolute Gasteiger partial charge is 0.384 e. The number of aryl methyl sites for hydroxylation is 1. The Balaban J connectivity index is 1.91. The van der Waals surface area contributed by atoms with Crippen LogP contribution in [0, 0.1) is 11.6 Å². The van der Waals surface area contributed by atoms with Gasteiger partial charge >= 0.3 is 0 Å². The number of para-hydroxylation sites is 1. The van der Waals surface area contributed by atoms with Crippen LogP contribution in [0.5, 0.6) is 0 Å². The van der Waals surface area contributed by atoms with Gasteiger partial charge < -0.3 is 10.6 Å². The van der Waals surface area contributed by atoms with Gasteiger partial charge in [-0.05, 0) is 36.6 Å². The molecule has 5 heteroatoms. The Kier molecular flexibility index (Phi) is 3.56. The Hall–Kier alpha value is -2.43. The highest BCUT2D eigenvalue weighted by Crippen LogP contribution is 2.27. The van der Waals surface area contributed by atoms with Crippen molar-refractivity contribution in [1.82, 2.24) is 0 Å². The molecule has 0 radical (unpaired) electrons. The maximum atomic E-state index is 13.6. The molecule has 0 fully saturated rings. The molecule has 0 unspecified atom stereocenters. The molecule has 1 amide bonds. The third-order valence-electron chi connectivity index (χ3n) is 3.50. The Morgan fingerprint density at radius 2 is 2.05 bits per heavy atom. The van der Waals surface area contributed by atoms with E-state index < -0.39 is 17.5 Å².